The number of anilines is 1. The maximum absolute atomic E-state index is 10.7. The molecule has 2 rings (SSSR count). The van der Waals surface area contributed by atoms with Crippen LogP contribution in [0.25, 0.3) is 0 Å². The molecule has 5 heteroatoms. The number of amides is 1. The first-order chi connectivity index (χ1) is 9.15. The summed E-state index contributed by atoms with van der Waals surface area (Å²) in [6, 6.07) is 7.97. The minimum atomic E-state index is -0.209. The van der Waals surface area contributed by atoms with Crippen molar-refractivity contribution in [2.75, 3.05) is 37.6 Å². The number of benzene rings is 1. The Morgan fingerprint density at radius 1 is 1.16 bits per heavy atom. The largest absolute Gasteiger partial charge is 0.370 e. The van der Waals surface area contributed by atoms with E-state index in [1.807, 2.05) is 12.1 Å². The molecule has 0 atom stereocenters. The first-order valence-corrected chi connectivity index (χ1v) is 7.04. The molecule has 0 radical (unpaired) electrons. The van der Waals surface area contributed by atoms with Crippen LogP contribution >= 0.6 is 11.6 Å². The highest BCUT2D eigenvalue weighted by atomic mass is 35.5. The molecule has 1 heterocycles. The van der Waals surface area contributed by atoms with Crippen LogP contribution in [0.4, 0.5) is 5.69 Å². The maximum Gasteiger partial charge on any atom is 0.217 e. The highest BCUT2D eigenvalue weighted by Crippen LogP contribution is 2.19. The topological polar surface area (TPSA) is 49.6 Å². The minimum absolute atomic E-state index is 0.209. The lowest BCUT2D eigenvalue weighted by molar-refractivity contribution is -0.118. The van der Waals surface area contributed by atoms with E-state index in [1.165, 1.54) is 5.69 Å². The molecule has 19 heavy (non-hydrogen) atoms. The van der Waals surface area contributed by atoms with Crippen LogP contribution in [0.15, 0.2) is 24.3 Å². The number of hydrogen-bond donors (Lipinski definition) is 1. The number of piperazine rings is 1. The van der Waals surface area contributed by atoms with Crippen LogP contribution in [-0.4, -0.2) is 43.5 Å². The zero-order valence-corrected chi connectivity index (χ0v) is 11.8. The Kier molecular flexibility index (Phi) is 5.05. The number of carbonyl (C=O) groups is 1. The molecule has 1 aromatic rings. The number of nitrogens with zero attached hydrogens (tertiary/aromatic N) is 2. The summed E-state index contributed by atoms with van der Waals surface area (Å²) in [5.74, 6) is -0.209. The fourth-order valence-electron chi connectivity index (χ4n) is 2.36. The van der Waals surface area contributed by atoms with Gasteiger partial charge in [0.1, 0.15) is 0 Å². The van der Waals surface area contributed by atoms with Gasteiger partial charge in [0.25, 0.3) is 0 Å². The summed E-state index contributed by atoms with van der Waals surface area (Å²) in [5.41, 5.74) is 6.37. The van der Waals surface area contributed by atoms with Crippen LogP contribution in [0.5, 0.6) is 0 Å². The Morgan fingerprint density at radius 3 is 2.37 bits per heavy atom. The van der Waals surface area contributed by atoms with Gasteiger partial charge in [-0.3, -0.25) is 9.69 Å². The highest BCUT2D eigenvalue weighted by molar-refractivity contribution is 6.30. The zero-order chi connectivity index (χ0) is 13.7. The van der Waals surface area contributed by atoms with Gasteiger partial charge in [-0.1, -0.05) is 11.6 Å². The highest BCUT2D eigenvalue weighted by Gasteiger charge is 2.16. The first-order valence-electron chi connectivity index (χ1n) is 6.66. The van der Waals surface area contributed by atoms with Crippen molar-refractivity contribution in [3.05, 3.63) is 29.3 Å². The Labute approximate surface area is 119 Å². The summed E-state index contributed by atoms with van der Waals surface area (Å²) in [6.07, 6.45) is 1.34. The monoisotopic (exact) mass is 281 g/mol. The lowest BCUT2D eigenvalue weighted by Gasteiger charge is -2.36. The normalized spacial score (nSPS) is 16.6. The Hall–Kier alpha value is -1.26. The van der Waals surface area contributed by atoms with Gasteiger partial charge >= 0.3 is 0 Å². The number of hydrogen-bond acceptors (Lipinski definition) is 3. The molecule has 1 fully saturated rings. The molecule has 1 amide bonds. The van der Waals surface area contributed by atoms with Crippen molar-refractivity contribution in [2.45, 2.75) is 12.8 Å². The van der Waals surface area contributed by atoms with Crippen molar-refractivity contribution in [3.8, 4) is 0 Å². The van der Waals surface area contributed by atoms with E-state index < -0.39 is 0 Å². The lowest BCUT2D eigenvalue weighted by atomic mass is 10.2. The third-order valence-corrected chi connectivity index (χ3v) is 3.71. The van der Waals surface area contributed by atoms with E-state index in [-0.39, 0.29) is 5.91 Å². The number of rotatable bonds is 5. The number of nitrogens with two attached hydrogens (primary N) is 1. The van der Waals surface area contributed by atoms with Gasteiger partial charge in [0.2, 0.25) is 5.91 Å². The van der Waals surface area contributed by atoms with Crippen molar-refractivity contribution < 1.29 is 4.79 Å². The van der Waals surface area contributed by atoms with Gasteiger partial charge in [-0.25, -0.2) is 0 Å². The van der Waals surface area contributed by atoms with Crippen molar-refractivity contribution in [1.82, 2.24) is 4.90 Å². The van der Waals surface area contributed by atoms with E-state index in [4.69, 9.17) is 17.3 Å². The van der Waals surface area contributed by atoms with Crippen LogP contribution in [0.3, 0.4) is 0 Å². The predicted molar refractivity (Wildman–Crippen MR) is 78.5 cm³/mol. The van der Waals surface area contributed by atoms with Gasteiger partial charge in [-0.05, 0) is 37.2 Å². The molecular weight excluding hydrogens is 262 g/mol. The second-order valence-corrected chi connectivity index (χ2v) is 5.31. The van der Waals surface area contributed by atoms with Crippen LogP contribution in [-0.2, 0) is 4.79 Å². The summed E-state index contributed by atoms with van der Waals surface area (Å²) in [4.78, 5) is 15.4. The standard InChI is InChI=1S/C14H20ClN3O/c15-12-3-5-13(6-4-12)18-10-8-17(9-11-18)7-1-2-14(16)19/h3-6H,1-2,7-11H2,(H2,16,19). The first kappa shape index (κ1) is 14.2. The van der Waals surface area contributed by atoms with Gasteiger partial charge < -0.3 is 10.6 Å². The molecular formula is C14H20ClN3O. The van der Waals surface area contributed by atoms with Gasteiger partial charge in [0.15, 0.2) is 0 Å². The van der Waals surface area contributed by atoms with E-state index in [2.05, 4.69) is 21.9 Å². The molecule has 1 aliphatic rings. The van der Waals surface area contributed by atoms with E-state index >= 15 is 0 Å². The van der Waals surface area contributed by atoms with Gasteiger partial charge in [0, 0.05) is 43.3 Å². The second-order valence-electron chi connectivity index (χ2n) is 4.87. The Morgan fingerprint density at radius 2 is 1.79 bits per heavy atom. The van der Waals surface area contributed by atoms with E-state index in [1.54, 1.807) is 0 Å². The SMILES string of the molecule is NC(=O)CCCN1CCN(c2ccc(Cl)cc2)CC1. The van der Waals surface area contributed by atoms with E-state index in [0.717, 1.165) is 44.2 Å². The number of primary amides is 1. The number of halogens is 1. The summed E-state index contributed by atoms with van der Waals surface area (Å²) in [6.45, 7) is 5.04. The average Bonchev–Trinajstić information content (AvgIpc) is 2.40. The Balaban J connectivity index is 1.76. The quantitative estimate of drug-likeness (QED) is 0.894. The Bertz CT molecular complexity index is 413. The van der Waals surface area contributed by atoms with E-state index in [0.29, 0.717) is 6.42 Å². The van der Waals surface area contributed by atoms with Crippen molar-refractivity contribution in [3.63, 3.8) is 0 Å². The third-order valence-electron chi connectivity index (χ3n) is 3.46. The van der Waals surface area contributed by atoms with Crippen LogP contribution in [0, 0.1) is 0 Å². The van der Waals surface area contributed by atoms with Crippen molar-refractivity contribution in [2.24, 2.45) is 5.73 Å². The van der Waals surface area contributed by atoms with Crippen molar-refractivity contribution >= 4 is 23.2 Å². The van der Waals surface area contributed by atoms with Crippen LogP contribution < -0.4 is 10.6 Å². The molecule has 2 N–H and O–H groups in total. The molecule has 104 valence electrons. The number of carbonyl (C=O) groups excluding carboxylic acids is 1. The van der Waals surface area contributed by atoms with Crippen LogP contribution in [0.1, 0.15) is 12.8 Å². The molecule has 0 aliphatic carbocycles. The zero-order valence-electron chi connectivity index (χ0n) is 11.0. The van der Waals surface area contributed by atoms with Gasteiger partial charge in [-0.2, -0.15) is 0 Å². The average molecular weight is 282 g/mol. The summed E-state index contributed by atoms with van der Waals surface area (Å²) in [7, 11) is 0. The minimum Gasteiger partial charge on any atom is -0.370 e. The molecule has 0 aromatic heterocycles. The summed E-state index contributed by atoms with van der Waals surface area (Å²) in [5, 5.41) is 0.772. The molecule has 1 saturated heterocycles. The molecule has 4 nitrogen and oxygen atoms in total. The fourth-order valence-corrected chi connectivity index (χ4v) is 2.48. The van der Waals surface area contributed by atoms with Crippen molar-refractivity contribution in [1.29, 1.82) is 0 Å². The van der Waals surface area contributed by atoms with Gasteiger partial charge in [0.05, 0.1) is 0 Å². The van der Waals surface area contributed by atoms with E-state index in [9.17, 15) is 4.79 Å². The smallest absolute Gasteiger partial charge is 0.217 e. The molecule has 0 unspecified atom stereocenters. The van der Waals surface area contributed by atoms with Crippen LogP contribution in [0.2, 0.25) is 5.02 Å². The molecule has 1 aliphatic heterocycles. The fraction of sp³-hybridized carbons (Fsp3) is 0.500. The third kappa shape index (κ3) is 4.40. The molecule has 0 spiro atoms. The van der Waals surface area contributed by atoms with Gasteiger partial charge in [-0.15, -0.1) is 0 Å². The molecule has 0 bridgehead atoms. The second kappa shape index (κ2) is 6.78. The summed E-state index contributed by atoms with van der Waals surface area (Å²) >= 11 is 5.89. The lowest BCUT2D eigenvalue weighted by Crippen LogP contribution is -2.46. The molecule has 0 saturated carbocycles. The maximum atomic E-state index is 10.7. The molecule has 1 aromatic carbocycles. The predicted octanol–water partition coefficient (Wildman–Crippen LogP) is 1.73. The summed E-state index contributed by atoms with van der Waals surface area (Å²) < 4.78 is 0.